The van der Waals surface area contributed by atoms with Gasteiger partial charge in [0, 0.05) is 38.6 Å². The van der Waals surface area contributed by atoms with E-state index in [9.17, 15) is 0 Å². The van der Waals surface area contributed by atoms with Crippen molar-refractivity contribution < 1.29 is 0 Å². The maximum atomic E-state index is 4.54. The molecule has 0 spiro atoms. The summed E-state index contributed by atoms with van der Waals surface area (Å²) < 4.78 is 0. The summed E-state index contributed by atoms with van der Waals surface area (Å²) in [5, 5.41) is 13.5. The van der Waals surface area contributed by atoms with Crippen LogP contribution in [0, 0.1) is 0 Å². The van der Waals surface area contributed by atoms with Crippen molar-refractivity contribution in [2.75, 3.05) is 26.2 Å². The summed E-state index contributed by atoms with van der Waals surface area (Å²) in [7, 11) is 0. The maximum Gasteiger partial charge on any atom is 0.0360 e. The Bertz CT molecular complexity index is 259. The summed E-state index contributed by atoms with van der Waals surface area (Å²) in [5.41, 5.74) is 0. The van der Waals surface area contributed by atoms with E-state index in [4.69, 9.17) is 0 Å². The van der Waals surface area contributed by atoms with E-state index in [0.29, 0.717) is 0 Å². The van der Waals surface area contributed by atoms with Crippen LogP contribution in [-0.4, -0.2) is 48.6 Å². The van der Waals surface area contributed by atoms with Crippen molar-refractivity contribution in [2.45, 2.75) is 64.2 Å². The van der Waals surface area contributed by atoms with E-state index < -0.39 is 0 Å². The minimum atomic E-state index is 1.11. The molecule has 2 aliphatic heterocycles. The van der Waals surface area contributed by atoms with Crippen molar-refractivity contribution in [3.8, 4) is 0 Å². The van der Waals surface area contributed by atoms with E-state index in [1.165, 1.54) is 51.4 Å². The molecular formula is C16H30N4. The molecule has 0 aliphatic carbocycles. The second kappa shape index (κ2) is 9.78. The Morgan fingerprint density at radius 2 is 1.00 bits per heavy atom. The third kappa shape index (κ3) is 6.40. The van der Waals surface area contributed by atoms with Crippen LogP contribution in [-0.2, 0) is 0 Å². The van der Waals surface area contributed by atoms with Crippen LogP contribution in [0.15, 0.2) is 10.2 Å². The Morgan fingerprint density at radius 3 is 1.40 bits per heavy atom. The fourth-order valence-corrected chi connectivity index (χ4v) is 2.80. The first-order valence-corrected chi connectivity index (χ1v) is 8.50. The van der Waals surface area contributed by atoms with Crippen LogP contribution in [0.4, 0.5) is 0 Å². The molecule has 2 rings (SSSR count). The molecule has 20 heavy (non-hydrogen) atoms. The Morgan fingerprint density at radius 1 is 0.600 bits per heavy atom. The highest BCUT2D eigenvalue weighted by atomic mass is 15.4. The highest BCUT2D eigenvalue weighted by Crippen LogP contribution is 2.09. The first kappa shape index (κ1) is 15.3. The topological polar surface area (TPSA) is 31.2 Å². The van der Waals surface area contributed by atoms with Gasteiger partial charge in [0.15, 0.2) is 0 Å². The first-order valence-electron chi connectivity index (χ1n) is 8.50. The van der Waals surface area contributed by atoms with Crippen LogP contribution in [0.3, 0.4) is 0 Å². The second-order valence-corrected chi connectivity index (χ2v) is 5.91. The van der Waals surface area contributed by atoms with Gasteiger partial charge in [-0.1, -0.05) is 0 Å². The number of hydrogen-bond donors (Lipinski definition) is 0. The molecule has 2 fully saturated rings. The predicted octanol–water partition coefficient (Wildman–Crippen LogP) is 3.49. The molecule has 0 saturated carbocycles. The van der Waals surface area contributed by atoms with Crippen LogP contribution < -0.4 is 0 Å². The Hall–Kier alpha value is -1.06. The maximum absolute atomic E-state index is 4.54. The summed E-state index contributed by atoms with van der Waals surface area (Å²) in [6.07, 6.45) is 16.9. The lowest BCUT2D eigenvalue weighted by atomic mass is 10.2. The van der Waals surface area contributed by atoms with Gasteiger partial charge in [-0.15, -0.1) is 0 Å². The van der Waals surface area contributed by atoms with Crippen molar-refractivity contribution in [3.63, 3.8) is 0 Å². The molecule has 4 heteroatoms. The van der Waals surface area contributed by atoms with Crippen LogP contribution >= 0.6 is 0 Å². The van der Waals surface area contributed by atoms with Gasteiger partial charge >= 0.3 is 0 Å². The lowest BCUT2D eigenvalue weighted by Crippen LogP contribution is -2.24. The third-order valence-corrected chi connectivity index (χ3v) is 4.07. The van der Waals surface area contributed by atoms with E-state index in [0.717, 1.165) is 39.0 Å². The molecule has 0 N–H and O–H groups in total. The number of hydrazone groups is 2. The van der Waals surface area contributed by atoms with E-state index in [1.54, 1.807) is 0 Å². The number of rotatable bonds is 7. The Kier molecular flexibility index (Phi) is 7.50. The van der Waals surface area contributed by atoms with Crippen molar-refractivity contribution in [1.82, 2.24) is 10.0 Å². The van der Waals surface area contributed by atoms with Crippen LogP contribution in [0.25, 0.3) is 0 Å². The van der Waals surface area contributed by atoms with Crippen LogP contribution in [0.1, 0.15) is 64.2 Å². The summed E-state index contributed by atoms with van der Waals surface area (Å²) in [5.74, 6) is 0. The SMILES string of the molecule is C(CCCCC=NN1CCCCC1)=NN1CCCCC1. The lowest BCUT2D eigenvalue weighted by Gasteiger charge is -2.23. The number of hydrogen-bond acceptors (Lipinski definition) is 4. The van der Waals surface area contributed by atoms with E-state index in [1.807, 2.05) is 0 Å². The van der Waals surface area contributed by atoms with Crippen LogP contribution in [0.2, 0.25) is 0 Å². The average molecular weight is 278 g/mol. The van der Waals surface area contributed by atoms with Crippen molar-refractivity contribution >= 4 is 12.4 Å². The summed E-state index contributed by atoms with van der Waals surface area (Å²) in [4.78, 5) is 0. The second-order valence-electron chi connectivity index (χ2n) is 5.91. The van der Waals surface area contributed by atoms with Gasteiger partial charge < -0.3 is 0 Å². The minimum absolute atomic E-state index is 1.11. The highest BCUT2D eigenvalue weighted by molar-refractivity contribution is 5.58. The predicted molar refractivity (Wildman–Crippen MR) is 86.3 cm³/mol. The molecule has 0 aromatic rings. The molecule has 0 amide bonds. The molecule has 2 saturated heterocycles. The molecule has 114 valence electrons. The monoisotopic (exact) mass is 278 g/mol. The quantitative estimate of drug-likeness (QED) is 0.527. The lowest BCUT2D eigenvalue weighted by molar-refractivity contribution is 0.239. The zero-order valence-electron chi connectivity index (χ0n) is 12.8. The van der Waals surface area contributed by atoms with E-state index >= 15 is 0 Å². The molecular weight excluding hydrogens is 248 g/mol. The third-order valence-electron chi connectivity index (χ3n) is 4.07. The zero-order valence-corrected chi connectivity index (χ0v) is 12.8. The molecule has 2 aliphatic rings. The highest BCUT2D eigenvalue weighted by Gasteiger charge is 2.06. The molecule has 4 nitrogen and oxygen atoms in total. The van der Waals surface area contributed by atoms with Crippen molar-refractivity contribution in [2.24, 2.45) is 10.2 Å². The van der Waals surface area contributed by atoms with Gasteiger partial charge in [0.25, 0.3) is 0 Å². The zero-order chi connectivity index (χ0) is 13.9. The van der Waals surface area contributed by atoms with Crippen LogP contribution in [0.5, 0.6) is 0 Å². The molecule has 0 unspecified atom stereocenters. The van der Waals surface area contributed by atoms with Gasteiger partial charge in [0.2, 0.25) is 0 Å². The largest absolute Gasteiger partial charge is 0.297 e. The Balaban J connectivity index is 1.44. The molecule has 0 aromatic heterocycles. The van der Waals surface area contributed by atoms with E-state index in [-0.39, 0.29) is 0 Å². The Labute approximate surface area is 123 Å². The molecule has 0 bridgehead atoms. The molecule has 0 atom stereocenters. The van der Waals surface area contributed by atoms with Crippen molar-refractivity contribution in [1.29, 1.82) is 0 Å². The minimum Gasteiger partial charge on any atom is -0.297 e. The van der Waals surface area contributed by atoms with Gasteiger partial charge in [-0.05, 0) is 64.2 Å². The summed E-state index contributed by atoms with van der Waals surface area (Å²) in [6, 6.07) is 0. The smallest absolute Gasteiger partial charge is 0.0360 e. The van der Waals surface area contributed by atoms with Gasteiger partial charge in [0.1, 0.15) is 0 Å². The summed E-state index contributed by atoms with van der Waals surface area (Å²) in [6.45, 7) is 4.61. The van der Waals surface area contributed by atoms with Gasteiger partial charge in [0.05, 0.1) is 0 Å². The average Bonchev–Trinajstić information content (AvgIpc) is 2.52. The number of nitrogens with zero attached hydrogens (tertiary/aromatic N) is 4. The molecule has 0 aromatic carbocycles. The van der Waals surface area contributed by atoms with Gasteiger partial charge in [-0.25, -0.2) is 0 Å². The fourth-order valence-electron chi connectivity index (χ4n) is 2.80. The molecule has 0 radical (unpaired) electrons. The standard InChI is InChI=1S/C16H30N4/c1(5-11-17-19-13-7-3-8-14-19)2-6-12-18-20-15-9-4-10-16-20/h11-12H,1-10,13-16H2. The number of piperidine rings is 2. The van der Waals surface area contributed by atoms with Gasteiger partial charge in [-0.2, -0.15) is 10.2 Å². The molecule has 2 heterocycles. The first-order chi connectivity index (χ1) is 9.95. The van der Waals surface area contributed by atoms with Crippen molar-refractivity contribution in [3.05, 3.63) is 0 Å². The van der Waals surface area contributed by atoms with Gasteiger partial charge in [-0.3, -0.25) is 10.0 Å². The fraction of sp³-hybridized carbons (Fsp3) is 0.875. The number of unbranched alkanes of at least 4 members (excludes halogenated alkanes) is 3. The van der Waals surface area contributed by atoms with E-state index in [2.05, 4.69) is 32.6 Å². The normalized spacial score (nSPS) is 21.2. The summed E-state index contributed by atoms with van der Waals surface area (Å²) >= 11 is 0.